The van der Waals surface area contributed by atoms with Gasteiger partial charge in [0.1, 0.15) is 0 Å². The molecule has 0 saturated carbocycles. The van der Waals surface area contributed by atoms with E-state index in [0.29, 0.717) is 5.56 Å². The maximum Gasteiger partial charge on any atom is 0.254 e. The highest BCUT2D eigenvalue weighted by Crippen LogP contribution is 2.21. The molecule has 0 aromatic heterocycles. The summed E-state index contributed by atoms with van der Waals surface area (Å²) < 4.78 is 23.2. The van der Waals surface area contributed by atoms with E-state index in [1.807, 2.05) is 37.3 Å². The molecule has 2 aromatic rings. The lowest BCUT2D eigenvalue weighted by molar-refractivity contribution is 0.0742. The highest BCUT2D eigenvalue weighted by Gasteiger charge is 2.20. The third-order valence-corrected chi connectivity index (χ3v) is 4.80. The molecule has 0 aliphatic rings. The number of nitrogens with zero attached hydrogens (tertiary/aromatic N) is 1. The van der Waals surface area contributed by atoms with Gasteiger partial charge >= 0.3 is 0 Å². The van der Waals surface area contributed by atoms with Crippen molar-refractivity contribution in [3.63, 3.8) is 0 Å². The number of sulfone groups is 1. The Bertz CT molecular complexity index is 770. The molecule has 0 aliphatic carbocycles. The van der Waals surface area contributed by atoms with Crippen LogP contribution in [0.3, 0.4) is 0 Å². The van der Waals surface area contributed by atoms with E-state index >= 15 is 0 Å². The van der Waals surface area contributed by atoms with Crippen LogP contribution in [0.5, 0.6) is 0 Å². The number of benzene rings is 2. The minimum Gasteiger partial charge on any atom is -0.335 e. The van der Waals surface area contributed by atoms with Crippen LogP contribution in [-0.4, -0.2) is 32.5 Å². The van der Waals surface area contributed by atoms with Gasteiger partial charge in [0.25, 0.3) is 5.91 Å². The van der Waals surface area contributed by atoms with Gasteiger partial charge in [0, 0.05) is 18.9 Å². The van der Waals surface area contributed by atoms with E-state index in [2.05, 4.69) is 0 Å². The molecule has 0 heterocycles. The third kappa shape index (κ3) is 3.54. The molecular formula is C17H19NO3S. The van der Waals surface area contributed by atoms with E-state index in [-0.39, 0.29) is 16.8 Å². The maximum atomic E-state index is 12.6. The van der Waals surface area contributed by atoms with Crippen LogP contribution in [0.4, 0.5) is 0 Å². The summed E-state index contributed by atoms with van der Waals surface area (Å²) in [7, 11) is -1.61. The van der Waals surface area contributed by atoms with Gasteiger partial charge < -0.3 is 4.90 Å². The zero-order valence-corrected chi connectivity index (χ0v) is 13.7. The molecule has 0 aliphatic heterocycles. The summed E-state index contributed by atoms with van der Waals surface area (Å²) >= 11 is 0. The van der Waals surface area contributed by atoms with Crippen LogP contribution in [0.1, 0.15) is 28.9 Å². The summed E-state index contributed by atoms with van der Waals surface area (Å²) in [5.41, 5.74) is 1.39. The first-order chi connectivity index (χ1) is 10.3. The summed E-state index contributed by atoms with van der Waals surface area (Å²) in [4.78, 5) is 14.3. The fourth-order valence-corrected chi connectivity index (χ4v) is 2.86. The van der Waals surface area contributed by atoms with Crippen LogP contribution in [0.25, 0.3) is 0 Å². The molecule has 0 N–H and O–H groups in total. The Morgan fingerprint density at radius 3 is 2.27 bits per heavy atom. The van der Waals surface area contributed by atoms with E-state index < -0.39 is 9.84 Å². The Balaban J connectivity index is 2.28. The summed E-state index contributed by atoms with van der Waals surface area (Å²) in [5, 5.41) is 0. The molecule has 1 amide bonds. The molecule has 4 nitrogen and oxygen atoms in total. The van der Waals surface area contributed by atoms with Crippen LogP contribution < -0.4 is 0 Å². The number of hydrogen-bond donors (Lipinski definition) is 0. The highest BCUT2D eigenvalue weighted by atomic mass is 32.2. The van der Waals surface area contributed by atoms with Crippen LogP contribution in [0.15, 0.2) is 59.5 Å². The molecule has 22 heavy (non-hydrogen) atoms. The fraction of sp³-hybridized carbons (Fsp3) is 0.235. The van der Waals surface area contributed by atoms with Gasteiger partial charge in [-0.05, 0) is 30.7 Å². The van der Waals surface area contributed by atoms with Gasteiger partial charge in [-0.3, -0.25) is 4.79 Å². The van der Waals surface area contributed by atoms with E-state index in [9.17, 15) is 13.2 Å². The summed E-state index contributed by atoms with van der Waals surface area (Å²) in [5.74, 6) is -0.207. The lowest BCUT2D eigenvalue weighted by Gasteiger charge is -2.25. The molecule has 1 atom stereocenters. The van der Waals surface area contributed by atoms with E-state index in [4.69, 9.17) is 0 Å². The first-order valence-electron chi connectivity index (χ1n) is 6.93. The largest absolute Gasteiger partial charge is 0.335 e. The molecule has 2 rings (SSSR count). The van der Waals surface area contributed by atoms with E-state index in [0.717, 1.165) is 11.8 Å². The molecule has 0 fully saturated rings. The number of rotatable bonds is 4. The van der Waals surface area contributed by atoms with Gasteiger partial charge in [0.15, 0.2) is 9.84 Å². The smallest absolute Gasteiger partial charge is 0.254 e. The van der Waals surface area contributed by atoms with Crippen molar-refractivity contribution >= 4 is 15.7 Å². The Kier molecular flexibility index (Phi) is 4.66. The Morgan fingerprint density at radius 2 is 1.68 bits per heavy atom. The summed E-state index contributed by atoms with van der Waals surface area (Å²) in [6.45, 7) is 1.94. The molecule has 0 radical (unpaired) electrons. The monoisotopic (exact) mass is 317 g/mol. The number of hydrogen-bond acceptors (Lipinski definition) is 3. The maximum absolute atomic E-state index is 12.6. The normalized spacial score (nSPS) is 12.7. The minimum absolute atomic E-state index is 0.101. The van der Waals surface area contributed by atoms with Crippen molar-refractivity contribution in [3.8, 4) is 0 Å². The van der Waals surface area contributed by atoms with Crippen LogP contribution in [-0.2, 0) is 9.84 Å². The van der Waals surface area contributed by atoms with Gasteiger partial charge in [-0.15, -0.1) is 0 Å². The molecule has 5 heteroatoms. The van der Waals surface area contributed by atoms with Crippen molar-refractivity contribution in [2.75, 3.05) is 13.3 Å². The highest BCUT2D eigenvalue weighted by molar-refractivity contribution is 7.90. The molecule has 0 bridgehead atoms. The summed E-state index contributed by atoms with van der Waals surface area (Å²) in [6.07, 6.45) is 1.13. The number of carbonyl (C=O) groups excluding carboxylic acids is 1. The van der Waals surface area contributed by atoms with Gasteiger partial charge in [-0.1, -0.05) is 36.4 Å². The average Bonchev–Trinajstić information content (AvgIpc) is 2.53. The molecule has 0 saturated heterocycles. The Labute approximate surface area is 131 Å². The van der Waals surface area contributed by atoms with Crippen LogP contribution in [0, 0.1) is 0 Å². The summed E-state index contributed by atoms with van der Waals surface area (Å²) in [6, 6.07) is 15.7. The number of amides is 1. The SMILES string of the molecule is C[C@H](c1ccccc1)N(C)C(=O)c1cccc(S(C)(=O)=O)c1. The van der Waals surface area contributed by atoms with Gasteiger partial charge in [-0.2, -0.15) is 0 Å². The third-order valence-electron chi connectivity index (χ3n) is 3.69. The minimum atomic E-state index is -3.33. The predicted octanol–water partition coefficient (Wildman–Crippen LogP) is 2.92. The Hall–Kier alpha value is -2.14. The van der Waals surface area contributed by atoms with Gasteiger partial charge in [0.05, 0.1) is 10.9 Å². The standard InChI is InChI=1S/C17H19NO3S/c1-13(14-8-5-4-6-9-14)18(2)17(19)15-10-7-11-16(12-15)22(3,20)21/h4-13H,1-3H3/t13-/m1/s1. The van der Waals surface area contributed by atoms with Crippen molar-refractivity contribution in [2.24, 2.45) is 0 Å². The molecule has 0 spiro atoms. The first-order valence-corrected chi connectivity index (χ1v) is 8.82. The van der Waals surface area contributed by atoms with Crippen molar-refractivity contribution in [3.05, 3.63) is 65.7 Å². The van der Waals surface area contributed by atoms with Gasteiger partial charge in [-0.25, -0.2) is 8.42 Å². The molecule has 116 valence electrons. The van der Waals surface area contributed by atoms with E-state index in [1.54, 1.807) is 24.1 Å². The topological polar surface area (TPSA) is 54.5 Å². The second kappa shape index (κ2) is 6.32. The molecule has 0 unspecified atom stereocenters. The second-order valence-corrected chi connectivity index (χ2v) is 7.32. The zero-order valence-electron chi connectivity index (χ0n) is 12.9. The first kappa shape index (κ1) is 16.2. The lowest BCUT2D eigenvalue weighted by atomic mass is 10.1. The van der Waals surface area contributed by atoms with Gasteiger partial charge in [0.2, 0.25) is 0 Å². The quantitative estimate of drug-likeness (QED) is 0.871. The van der Waals surface area contributed by atoms with Crippen LogP contribution in [0.2, 0.25) is 0 Å². The average molecular weight is 317 g/mol. The second-order valence-electron chi connectivity index (χ2n) is 5.30. The van der Waals surface area contributed by atoms with Crippen LogP contribution >= 0.6 is 0 Å². The predicted molar refractivity (Wildman–Crippen MR) is 86.5 cm³/mol. The fourth-order valence-electron chi connectivity index (χ4n) is 2.19. The number of carbonyl (C=O) groups is 1. The lowest BCUT2D eigenvalue weighted by Crippen LogP contribution is -2.29. The molecular weight excluding hydrogens is 298 g/mol. The van der Waals surface area contributed by atoms with Crippen molar-refractivity contribution in [2.45, 2.75) is 17.9 Å². The Morgan fingerprint density at radius 1 is 1.05 bits per heavy atom. The van der Waals surface area contributed by atoms with E-state index in [1.165, 1.54) is 12.1 Å². The van der Waals surface area contributed by atoms with Crippen molar-refractivity contribution in [1.29, 1.82) is 0 Å². The van der Waals surface area contributed by atoms with Crippen molar-refractivity contribution in [1.82, 2.24) is 4.90 Å². The van der Waals surface area contributed by atoms with Crippen molar-refractivity contribution < 1.29 is 13.2 Å². The molecule has 2 aromatic carbocycles. The zero-order chi connectivity index (χ0) is 16.3.